The second-order valence-corrected chi connectivity index (χ2v) is 7.79. The highest BCUT2D eigenvalue weighted by atomic mass is 35.5. The average molecular weight is 413 g/mol. The summed E-state index contributed by atoms with van der Waals surface area (Å²) >= 11 is 6.00. The predicted molar refractivity (Wildman–Crippen MR) is 110 cm³/mol. The van der Waals surface area contributed by atoms with Gasteiger partial charge in [0, 0.05) is 11.4 Å². The molecule has 1 unspecified atom stereocenters. The first-order chi connectivity index (χ1) is 14.0. The number of benzene rings is 1. The van der Waals surface area contributed by atoms with Crippen molar-refractivity contribution in [2.24, 2.45) is 5.10 Å². The van der Waals surface area contributed by atoms with Crippen LogP contribution in [0.5, 0.6) is 0 Å². The summed E-state index contributed by atoms with van der Waals surface area (Å²) in [6, 6.07) is 14.8. The van der Waals surface area contributed by atoms with E-state index >= 15 is 0 Å². The Labute approximate surface area is 174 Å². The van der Waals surface area contributed by atoms with Gasteiger partial charge in [0.25, 0.3) is 5.91 Å². The van der Waals surface area contributed by atoms with Gasteiger partial charge >= 0.3 is 0 Å². The smallest absolute Gasteiger partial charge is 0.298 e. The summed E-state index contributed by atoms with van der Waals surface area (Å²) in [7, 11) is 1.97. The van der Waals surface area contributed by atoms with Crippen molar-refractivity contribution in [1.82, 2.24) is 5.01 Å². The summed E-state index contributed by atoms with van der Waals surface area (Å²) in [6.45, 7) is 2.84. The Balaban J connectivity index is 1.52. The van der Waals surface area contributed by atoms with E-state index in [4.69, 9.17) is 20.4 Å². The standard InChI is InChI=1S/C22H22ClN3O3/c1-15-5-10-18(29-15)13-25(2)14-22(27)26-20(21-4-3-11-28-21)12-19(24-26)16-6-8-17(23)9-7-16/h3-11,20H,12-14H2,1-2H3/p+1/t20-/m1/s1. The van der Waals surface area contributed by atoms with Crippen molar-refractivity contribution in [2.45, 2.75) is 25.9 Å². The van der Waals surface area contributed by atoms with Crippen LogP contribution in [0.15, 0.2) is 68.7 Å². The van der Waals surface area contributed by atoms with Gasteiger partial charge in [-0.15, -0.1) is 0 Å². The van der Waals surface area contributed by atoms with Crippen LogP contribution in [0.3, 0.4) is 0 Å². The zero-order valence-corrected chi connectivity index (χ0v) is 17.1. The second kappa shape index (κ2) is 8.27. The summed E-state index contributed by atoms with van der Waals surface area (Å²) < 4.78 is 11.2. The van der Waals surface area contributed by atoms with Gasteiger partial charge in [-0.1, -0.05) is 23.7 Å². The molecule has 7 heteroatoms. The normalized spacial score (nSPS) is 17.4. The van der Waals surface area contributed by atoms with Gasteiger partial charge in [-0.2, -0.15) is 5.10 Å². The number of furan rings is 2. The molecule has 3 aromatic rings. The first-order valence-electron chi connectivity index (χ1n) is 9.55. The van der Waals surface area contributed by atoms with Crippen LogP contribution in [0, 0.1) is 6.92 Å². The van der Waals surface area contributed by atoms with E-state index < -0.39 is 0 Å². The number of hydrazone groups is 1. The van der Waals surface area contributed by atoms with Crippen LogP contribution in [-0.2, 0) is 11.3 Å². The molecule has 0 spiro atoms. The highest BCUT2D eigenvalue weighted by Gasteiger charge is 2.36. The number of aryl methyl sites for hydroxylation is 1. The molecular formula is C22H23ClN3O3+. The molecule has 6 nitrogen and oxygen atoms in total. The fourth-order valence-electron chi connectivity index (χ4n) is 3.54. The Morgan fingerprint density at radius 2 is 2.03 bits per heavy atom. The molecule has 0 saturated heterocycles. The Morgan fingerprint density at radius 3 is 2.69 bits per heavy atom. The fourth-order valence-corrected chi connectivity index (χ4v) is 3.66. The average Bonchev–Trinajstić information content (AvgIpc) is 3.42. The molecule has 1 aromatic carbocycles. The number of likely N-dealkylation sites (N-methyl/N-ethyl adjacent to an activating group) is 1. The minimum atomic E-state index is -0.248. The van der Waals surface area contributed by atoms with Crippen molar-refractivity contribution >= 4 is 23.2 Å². The van der Waals surface area contributed by atoms with Crippen molar-refractivity contribution in [1.29, 1.82) is 0 Å². The third-order valence-corrected chi connectivity index (χ3v) is 5.19. The van der Waals surface area contributed by atoms with Crippen LogP contribution in [0.25, 0.3) is 0 Å². The third kappa shape index (κ3) is 4.44. The zero-order valence-electron chi connectivity index (χ0n) is 16.4. The first kappa shape index (κ1) is 19.5. The van der Waals surface area contributed by atoms with Crippen LogP contribution in [-0.4, -0.2) is 30.2 Å². The van der Waals surface area contributed by atoms with E-state index in [0.717, 1.165) is 33.5 Å². The molecule has 4 rings (SSSR count). The lowest BCUT2D eigenvalue weighted by atomic mass is 10.0. The zero-order chi connectivity index (χ0) is 20.4. The molecule has 2 atom stereocenters. The van der Waals surface area contributed by atoms with E-state index in [0.29, 0.717) is 24.5 Å². The van der Waals surface area contributed by atoms with Gasteiger partial charge < -0.3 is 13.7 Å². The van der Waals surface area contributed by atoms with Crippen molar-refractivity contribution in [3.05, 3.63) is 82.7 Å². The Kier molecular flexibility index (Phi) is 5.56. The maximum Gasteiger partial charge on any atom is 0.298 e. The molecule has 0 fully saturated rings. The predicted octanol–water partition coefficient (Wildman–Crippen LogP) is 3.23. The Morgan fingerprint density at radius 1 is 1.24 bits per heavy atom. The van der Waals surface area contributed by atoms with Crippen LogP contribution in [0.4, 0.5) is 0 Å². The number of hydrogen-bond acceptors (Lipinski definition) is 4. The molecule has 0 aliphatic carbocycles. The Hall–Kier alpha value is -2.83. The summed E-state index contributed by atoms with van der Waals surface area (Å²) in [4.78, 5) is 14.1. The van der Waals surface area contributed by atoms with Crippen LogP contribution < -0.4 is 4.90 Å². The minimum Gasteiger partial charge on any atom is -0.467 e. The Bertz CT molecular complexity index is 1010. The van der Waals surface area contributed by atoms with Gasteiger partial charge in [-0.25, -0.2) is 5.01 Å². The van der Waals surface area contributed by atoms with Gasteiger partial charge in [-0.3, -0.25) is 4.79 Å². The molecule has 0 bridgehead atoms. The van der Waals surface area contributed by atoms with E-state index in [2.05, 4.69) is 5.10 Å². The second-order valence-electron chi connectivity index (χ2n) is 7.35. The van der Waals surface area contributed by atoms with E-state index in [1.165, 1.54) is 0 Å². The van der Waals surface area contributed by atoms with Crippen LogP contribution in [0.1, 0.15) is 35.3 Å². The first-order valence-corrected chi connectivity index (χ1v) is 9.93. The van der Waals surface area contributed by atoms with Gasteiger partial charge in [-0.05, 0) is 48.9 Å². The number of halogens is 1. The molecule has 0 saturated carbocycles. The minimum absolute atomic E-state index is 0.0591. The summed E-state index contributed by atoms with van der Waals surface area (Å²) in [5.74, 6) is 2.40. The number of carbonyl (C=O) groups excluding carboxylic acids is 1. The van der Waals surface area contributed by atoms with Crippen molar-refractivity contribution < 1.29 is 18.5 Å². The maximum atomic E-state index is 13.1. The van der Waals surface area contributed by atoms with Gasteiger partial charge in [0.2, 0.25) is 0 Å². The number of nitrogens with zero attached hydrogens (tertiary/aromatic N) is 2. The van der Waals surface area contributed by atoms with E-state index in [-0.39, 0.29) is 11.9 Å². The molecule has 1 N–H and O–H groups in total. The largest absolute Gasteiger partial charge is 0.467 e. The van der Waals surface area contributed by atoms with Crippen molar-refractivity contribution in [2.75, 3.05) is 13.6 Å². The number of nitrogens with one attached hydrogen (secondary N) is 1. The number of carbonyl (C=O) groups is 1. The van der Waals surface area contributed by atoms with E-state index in [1.807, 2.05) is 62.5 Å². The lowest BCUT2D eigenvalue weighted by Gasteiger charge is -2.21. The van der Waals surface area contributed by atoms with Gasteiger partial charge in [0.05, 0.1) is 19.0 Å². The summed E-state index contributed by atoms with van der Waals surface area (Å²) in [5, 5.41) is 6.87. The number of amides is 1. The van der Waals surface area contributed by atoms with Gasteiger partial charge in [0.1, 0.15) is 24.1 Å². The lowest BCUT2D eigenvalue weighted by molar-refractivity contribution is -0.886. The van der Waals surface area contributed by atoms with Crippen molar-refractivity contribution in [3.63, 3.8) is 0 Å². The maximum absolute atomic E-state index is 13.1. The quantitative estimate of drug-likeness (QED) is 0.676. The molecule has 0 radical (unpaired) electrons. The lowest BCUT2D eigenvalue weighted by Crippen LogP contribution is -3.08. The highest BCUT2D eigenvalue weighted by molar-refractivity contribution is 6.30. The summed E-state index contributed by atoms with van der Waals surface area (Å²) in [5.41, 5.74) is 1.80. The molecule has 1 amide bonds. The van der Waals surface area contributed by atoms with Gasteiger partial charge in [0.15, 0.2) is 12.3 Å². The third-order valence-electron chi connectivity index (χ3n) is 4.94. The van der Waals surface area contributed by atoms with E-state index in [1.54, 1.807) is 11.3 Å². The molecule has 1 aliphatic heterocycles. The number of rotatable bonds is 6. The number of quaternary nitrogens is 1. The SMILES string of the molecule is Cc1ccc(C[NH+](C)CC(=O)N2N=C(c3ccc(Cl)cc3)C[C@@H]2c2ccco2)o1. The molecule has 29 heavy (non-hydrogen) atoms. The fraction of sp³-hybridized carbons (Fsp3) is 0.273. The van der Waals surface area contributed by atoms with Crippen LogP contribution >= 0.6 is 11.6 Å². The monoisotopic (exact) mass is 412 g/mol. The highest BCUT2D eigenvalue weighted by Crippen LogP contribution is 2.33. The summed E-state index contributed by atoms with van der Waals surface area (Å²) in [6.07, 6.45) is 2.21. The van der Waals surface area contributed by atoms with Crippen molar-refractivity contribution in [3.8, 4) is 0 Å². The molecule has 150 valence electrons. The number of hydrogen-bond donors (Lipinski definition) is 1. The van der Waals surface area contributed by atoms with E-state index in [9.17, 15) is 4.79 Å². The molecular weight excluding hydrogens is 390 g/mol. The molecule has 1 aliphatic rings. The topological polar surface area (TPSA) is 63.4 Å². The molecule has 3 heterocycles. The molecule has 2 aromatic heterocycles. The van der Waals surface area contributed by atoms with Crippen LogP contribution in [0.2, 0.25) is 5.02 Å².